The van der Waals surface area contributed by atoms with Crippen molar-refractivity contribution in [1.82, 2.24) is 4.90 Å². The number of thiophene rings is 1. The predicted octanol–water partition coefficient (Wildman–Crippen LogP) is 5.17. The Morgan fingerprint density at radius 2 is 2.04 bits per heavy atom. The maximum atomic E-state index is 13.3. The zero-order valence-corrected chi connectivity index (χ0v) is 14.8. The molecule has 1 aromatic carbocycles. The molecule has 0 aliphatic carbocycles. The van der Waals surface area contributed by atoms with Gasteiger partial charge in [-0.25, -0.2) is 0 Å². The number of carbonyl (C=O) groups excluding carboxylic acids is 1. The van der Waals surface area contributed by atoms with Crippen LogP contribution >= 0.6 is 11.3 Å². The van der Waals surface area contributed by atoms with Crippen LogP contribution in [0.15, 0.2) is 41.8 Å². The summed E-state index contributed by atoms with van der Waals surface area (Å²) in [4.78, 5) is 16.9. The summed E-state index contributed by atoms with van der Waals surface area (Å²) in [7, 11) is 0. The summed E-state index contributed by atoms with van der Waals surface area (Å²) >= 11 is 1.84. The maximum Gasteiger partial charge on any atom is 0.230 e. The van der Waals surface area contributed by atoms with Crippen molar-refractivity contribution in [3.05, 3.63) is 57.8 Å². The fraction of sp³-hybridized carbons (Fsp3) is 0.450. The van der Waals surface area contributed by atoms with Crippen molar-refractivity contribution >= 4 is 17.2 Å². The number of fused-ring (bicyclic) bond motifs is 1. The van der Waals surface area contributed by atoms with E-state index in [0.717, 1.165) is 37.8 Å². The van der Waals surface area contributed by atoms with Gasteiger partial charge in [-0.15, -0.1) is 11.3 Å². The molecule has 0 saturated carbocycles. The molecule has 1 amide bonds. The van der Waals surface area contributed by atoms with Gasteiger partial charge in [0.1, 0.15) is 0 Å². The molecule has 23 heavy (non-hydrogen) atoms. The molecule has 2 nitrogen and oxygen atoms in total. The first-order valence-corrected chi connectivity index (χ1v) is 9.55. The molecule has 2 unspecified atom stereocenters. The zero-order valence-electron chi connectivity index (χ0n) is 14.0. The van der Waals surface area contributed by atoms with Gasteiger partial charge in [0.05, 0.1) is 12.0 Å². The normalized spacial score (nSPS) is 18.5. The van der Waals surface area contributed by atoms with E-state index in [4.69, 9.17) is 0 Å². The Morgan fingerprint density at radius 3 is 2.74 bits per heavy atom. The molecule has 0 bridgehead atoms. The predicted molar refractivity (Wildman–Crippen MR) is 96.9 cm³/mol. The number of hydrogen-bond acceptors (Lipinski definition) is 2. The highest BCUT2D eigenvalue weighted by Gasteiger charge is 2.34. The smallest absolute Gasteiger partial charge is 0.230 e. The summed E-state index contributed by atoms with van der Waals surface area (Å²) in [6.07, 6.45) is 3.94. The minimum absolute atomic E-state index is 0.00423. The van der Waals surface area contributed by atoms with Crippen LogP contribution in [0.25, 0.3) is 0 Å². The molecule has 1 aliphatic heterocycles. The number of carbonyl (C=O) groups is 1. The van der Waals surface area contributed by atoms with Crippen molar-refractivity contribution in [2.45, 2.75) is 51.5 Å². The van der Waals surface area contributed by atoms with Gasteiger partial charge >= 0.3 is 0 Å². The van der Waals surface area contributed by atoms with Crippen molar-refractivity contribution in [2.75, 3.05) is 6.54 Å². The quantitative estimate of drug-likeness (QED) is 0.742. The monoisotopic (exact) mass is 327 g/mol. The van der Waals surface area contributed by atoms with Crippen molar-refractivity contribution in [1.29, 1.82) is 0 Å². The third-order valence-corrected chi connectivity index (χ3v) is 5.84. The van der Waals surface area contributed by atoms with Crippen molar-refractivity contribution in [2.24, 2.45) is 0 Å². The molecule has 2 heterocycles. The zero-order chi connectivity index (χ0) is 16.2. The van der Waals surface area contributed by atoms with Gasteiger partial charge in [0.25, 0.3) is 0 Å². The lowest BCUT2D eigenvalue weighted by Gasteiger charge is -2.37. The maximum absolute atomic E-state index is 13.3. The van der Waals surface area contributed by atoms with E-state index in [1.54, 1.807) is 0 Å². The van der Waals surface area contributed by atoms with Crippen LogP contribution in [0.3, 0.4) is 0 Å². The van der Waals surface area contributed by atoms with Crippen molar-refractivity contribution < 1.29 is 4.79 Å². The molecule has 2 atom stereocenters. The highest BCUT2D eigenvalue weighted by atomic mass is 32.1. The van der Waals surface area contributed by atoms with Crippen molar-refractivity contribution in [3.8, 4) is 0 Å². The summed E-state index contributed by atoms with van der Waals surface area (Å²) in [5.41, 5.74) is 2.53. The topological polar surface area (TPSA) is 20.3 Å². The van der Waals surface area contributed by atoms with Gasteiger partial charge in [-0.05, 0) is 41.8 Å². The van der Waals surface area contributed by atoms with Crippen LogP contribution in [0, 0.1) is 0 Å². The van der Waals surface area contributed by atoms with E-state index in [2.05, 4.69) is 42.3 Å². The number of hydrogen-bond donors (Lipinski definition) is 0. The molecule has 0 fully saturated rings. The van der Waals surface area contributed by atoms with E-state index in [-0.39, 0.29) is 12.0 Å². The van der Waals surface area contributed by atoms with Gasteiger partial charge < -0.3 is 4.90 Å². The summed E-state index contributed by atoms with van der Waals surface area (Å²) in [5, 5.41) is 2.17. The minimum Gasteiger partial charge on any atom is -0.335 e. The van der Waals surface area contributed by atoms with Gasteiger partial charge in [0.2, 0.25) is 5.91 Å². The third kappa shape index (κ3) is 3.20. The van der Waals surface area contributed by atoms with Gasteiger partial charge in [0.15, 0.2) is 0 Å². The van der Waals surface area contributed by atoms with E-state index in [1.165, 1.54) is 10.4 Å². The van der Waals surface area contributed by atoms with Crippen LogP contribution in [-0.4, -0.2) is 17.4 Å². The first kappa shape index (κ1) is 16.3. The highest BCUT2D eigenvalue weighted by Crippen LogP contribution is 2.37. The van der Waals surface area contributed by atoms with Crippen LogP contribution in [0.1, 0.15) is 61.1 Å². The lowest BCUT2D eigenvalue weighted by Crippen LogP contribution is -2.42. The number of amides is 1. The molecular formula is C20H25NOS. The van der Waals surface area contributed by atoms with Crippen LogP contribution in [0.4, 0.5) is 0 Å². The van der Waals surface area contributed by atoms with Crippen LogP contribution < -0.4 is 0 Å². The van der Waals surface area contributed by atoms with Crippen LogP contribution in [-0.2, 0) is 11.2 Å². The number of benzene rings is 1. The summed E-state index contributed by atoms with van der Waals surface area (Å²) < 4.78 is 0. The Morgan fingerprint density at radius 1 is 1.26 bits per heavy atom. The Kier molecular flexibility index (Phi) is 5.16. The van der Waals surface area contributed by atoms with E-state index < -0.39 is 0 Å². The molecule has 0 N–H and O–H groups in total. The second-order valence-electron chi connectivity index (χ2n) is 6.26. The van der Waals surface area contributed by atoms with Gasteiger partial charge in [0, 0.05) is 11.4 Å². The van der Waals surface area contributed by atoms with Gasteiger partial charge in [-0.2, -0.15) is 0 Å². The molecule has 0 radical (unpaired) electrons. The minimum atomic E-state index is -0.00423. The fourth-order valence-electron chi connectivity index (χ4n) is 3.71. The van der Waals surface area contributed by atoms with Gasteiger partial charge in [-0.3, -0.25) is 4.79 Å². The van der Waals surface area contributed by atoms with Crippen LogP contribution in [0.5, 0.6) is 0 Å². The first-order chi connectivity index (χ1) is 11.3. The molecule has 122 valence electrons. The molecule has 3 heteroatoms. The van der Waals surface area contributed by atoms with Crippen LogP contribution in [0.2, 0.25) is 0 Å². The standard InChI is InChI=1S/C20H25NOS/c1-3-8-16(15-9-6-5-7-10-15)20(22)21-13-11-19-17(12-14-23-19)18(21)4-2/h5-7,9-10,12,14,16,18H,3-4,8,11,13H2,1-2H3. The van der Waals surface area contributed by atoms with E-state index >= 15 is 0 Å². The highest BCUT2D eigenvalue weighted by molar-refractivity contribution is 7.10. The number of nitrogens with zero attached hydrogens (tertiary/aromatic N) is 1. The first-order valence-electron chi connectivity index (χ1n) is 8.67. The van der Waals surface area contributed by atoms with Gasteiger partial charge in [-0.1, -0.05) is 50.6 Å². The SMILES string of the molecule is CCCC(C(=O)N1CCc2sccc2C1CC)c1ccccc1. The lowest BCUT2D eigenvalue weighted by atomic mass is 9.90. The molecule has 0 saturated heterocycles. The number of rotatable bonds is 5. The lowest BCUT2D eigenvalue weighted by molar-refractivity contribution is -0.136. The summed E-state index contributed by atoms with van der Waals surface area (Å²) in [6.45, 7) is 5.21. The van der Waals surface area contributed by atoms with E-state index in [9.17, 15) is 4.79 Å². The second-order valence-corrected chi connectivity index (χ2v) is 7.26. The van der Waals surface area contributed by atoms with Crippen molar-refractivity contribution in [3.63, 3.8) is 0 Å². The summed E-state index contributed by atoms with van der Waals surface area (Å²) in [6, 6.07) is 12.7. The molecule has 3 rings (SSSR count). The third-order valence-electron chi connectivity index (χ3n) is 4.84. The Bertz CT molecular complexity index is 649. The Labute approximate surface area is 143 Å². The Hall–Kier alpha value is -1.61. The molecule has 0 spiro atoms. The fourth-order valence-corrected chi connectivity index (χ4v) is 4.64. The summed E-state index contributed by atoms with van der Waals surface area (Å²) in [5.74, 6) is 0.303. The van der Waals surface area contributed by atoms with E-state index in [0.29, 0.717) is 5.91 Å². The molecular weight excluding hydrogens is 302 g/mol. The average molecular weight is 327 g/mol. The molecule has 1 aliphatic rings. The molecule has 1 aromatic heterocycles. The molecule has 2 aromatic rings. The largest absolute Gasteiger partial charge is 0.335 e. The Balaban J connectivity index is 1.88. The second kappa shape index (κ2) is 7.31. The average Bonchev–Trinajstić information content (AvgIpc) is 3.07. The van der Waals surface area contributed by atoms with E-state index in [1.807, 2.05) is 29.5 Å².